The maximum Gasteiger partial charge on any atom is 0.255 e. The number of nitrogens with zero attached hydrogens (tertiary/aromatic N) is 3. The molecule has 0 saturated heterocycles. The summed E-state index contributed by atoms with van der Waals surface area (Å²) in [5.41, 5.74) is 0.0456. The lowest BCUT2D eigenvalue weighted by Crippen LogP contribution is -2.07. The highest BCUT2D eigenvalue weighted by Gasteiger charge is 2.04. The van der Waals surface area contributed by atoms with Crippen molar-refractivity contribution in [3.05, 3.63) is 34.5 Å². The van der Waals surface area contributed by atoms with Crippen molar-refractivity contribution in [2.24, 2.45) is 0 Å². The van der Waals surface area contributed by atoms with E-state index in [9.17, 15) is 4.79 Å². The number of aryl methyl sites for hydroxylation is 1. The molecule has 2 aromatic rings. The van der Waals surface area contributed by atoms with Gasteiger partial charge in [0.1, 0.15) is 11.5 Å². The van der Waals surface area contributed by atoms with Gasteiger partial charge in [0, 0.05) is 6.20 Å². The third-order valence-electron chi connectivity index (χ3n) is 1.75. The fourth-order valence-corrected chi connectivity index (χ4v) is 1.15. The lowest BCUT2D eigenvalue weighted by Gasteiger charge is -2.00. The minimum absolute atomic E-state index is 0.227. The van der Waals surface area contributed by atoms with E-state index in [2.05, 4.69) is 19.9 Å². The van der Waals surface area contributed by atoms with E-state index >= 15 is 0 Å². The maximum absolute atomic E-state index is 11.1. The van der Waals surface area contributed by atoms with Crippen molar-refractivity contribution in [3.63, 3.8) is 0 Å². The Kier molecular flexibility index (Phi) is 2.17. The smallest absolute Gasteiger partial charge is 0.255 e. The van der Waals surface area contributed by atoms with Crippen LogP contribution in [0.3, 0.4) is 0 Å². The predicted molar refractivity (Wildman–Crippen MR) is 52.3 cm³/mol. The summed E-state index contributed by atoms with van der Waals surface area (Å²) in [6.07, 6.45) is 1.56. The van der Waals surface area contributed by atoms with E-state index in [1.165, 1.54) is 0 Å². The molecule has 0 bridgehead atoms. The zero-order valence-corrected chi connectivity index (χ0v) is 7.93. The van der Waals surface area contributed by atoms with E-state index in [-0.39, 0.29) is 11.7 Å². The number of aromatic nitrogens is 4. The topological polar surface area (TPSA) is 91.8 Å². The van der Waals surface area contributed by atoms with Gasteiger partial charge in [-0.3, -0.25) is 4.79 Å². The van der Waals surface area contributed by atoms with Gasteiger partial charge in [0.2, 0.25) is 5.88 Å². The molecule has 76 valence electrons. The number of aromatic amines is 1. The van der Waals surface area contributed by atoms with Crippen molar-refractivity contribution in [1.29, 1.82) is 0 Å². The summed E-state index contributed by atoms with van der Waals surface area (Å²) in [5.74, 6) is 0.467. The van der Waals surface area contributed by atoms with Gasteiger partial charge in [-0.2, -0.15) is 4.98 Å². The highest BCUT2D eigenvalue weighted by molar-refractivity contribution is 5.48. The Hall–Kier alpha value is -2.24. The summed E-state index contributed by atoms with van der Waals surface area (Å²) in [4.78, 5) is 25.3. The van der Waals surface area contributed by atoms with Gasteiger partial charge < -0.3 is 10.1 Å². The summed E-state index contributed by atoms with van der Waals surface area (Å²) in [5, 5.41) is 9.15. The summed E-state index contributed by atoms with van der Waals surface area (Å²) in [6.45, 7) is 1.73. The second kappa shape index (κ2) is 3.49. The lowest BCUT2D eigenvalue weighted by molar-refractivity contribution is 0.452. The van der Waals surface area contributed by atoms with E-state index in [4.69, 9.17) is 5.11 Å². The molecular weight excluding hydrogens is 196 g/mol. The zero-order valence-electron chi connectivity index (χ0n) is 7.93. The lowest BCUT2D eigenvalue weighted by atomic mass is 10.3. The Morgan fingerprint density at radius 1 is 1.40 bits per heavy atom. The highest BCUT2D eigenvalue weighted by Crippen LogP contribution is 2.11. The molecule has 0 aliphatic heterocycles. The van der Waals surface area contributed by atoms with Crippen molar-refractivity contribution in [2.75, 3.05) is 0 Å². The minimum atomic E-state index is -0.422. The average molecular weight is 204 g/mol. The first kappa shape index (κ1) is 9.32. The molecule has 2 rings (SSSR count). The van der Waals surface area contributed by atoms with E-state index < -0.39 is 5.56 Å². The van der Waals surface area contributed by atoms with Gasteiger partial charge >= 0.3 is 0 Å². The van der Waals surface area contributed by atoms with Crippen LogP contribution in [0.4, 0.5) is 0 Å². The largest absolute Gasteiger partial charge is 0.493 e. The third-order valence-corrected chi connectivity index (χ3v) is 1.75. The number of hydrogen-bond acceptors (Lipinski definition) is 5. The van der Waals surface area contributed by atoms with Crippen LogP contribution in [-0.4, -0.2) is 25.0 Å². The standard InChI is InChI=1S/C9H8N4O2/c1-5-10-3-2-6(11-5)9-12-7(14)4-8(15)13-9/h2-4H,1H3,(H2,12,13,14,15). The van der Waals surface area contributed by atoms with Gasteiger partial charge in [0.05, 0.1) is 6.07 Å². The maximum atomic E-state index is 11.1. The normalized spacial score (nSPS) is 10.2. The van der Waals surface area contributed by atoms with Crippen molar-refractivity contribution in [1.82, 2.24) is 19.9 Å². The van der Waals surface area contributed by atoms with E-state index in [1.54, 1.807) is 19.2 Å². The third kappa shape index (κ3) is 1.98. The molecule has 6 nitrogen and oxygen atoms in total. The molecule has 2 N–H and O–H groups in total. The fourth-order valence-electron chi connectivity index (χ4n) is 1.15. The molecule has 0 unspecified atom stereocenters. The Labute approximate surface area is 84.7 Å². The van der Waals surface area contributed by atoms with Crippen molar-refractivity contribution in [2.45, 2.75) is 6.92 Å². The van der Waals surface area contributed by atoms with Crippen molar-refractivity contribution in [3.8, 4) is 17.4 Å². The first-order chi connectivity index (χ1) is 7.15. The van der Waals surface area contributed by atoms with Gasteiger partial charge in [-0.15, -0.1) is 0 Å². The summed E-state index contributed by atoms with van der Waals surface area (Å²) < 4.78 is 0. The molecule has 2 heterocycles. The molecule has 0 aliphatic carbocycles. The quantitative estimate of drug-likeness (QED) is 0.694. The van der Waals surface area contributed by atoms with Crippen LogP contribution in [0, 0.1) is 6.92 Å². The molecule has 0 fully saturated rings. The van der Waals surface area contributed by atoms with Crippen LogP contribution in [-0.2, 0) is 0 Å². The van der Waals surface area contributed by atoms with Gasteiger partial charge in [0.25, 0.3) is 5.56 Å². The van der Waals surface area contributed by atoms with Gasteiger partial charge in [-0.05, 0) is 13.0 Å². The number of aromatic hydroxyl groups is 1. The second-order valence-corrected chi connectivity index (χ2v) is 2.94. The van der Waals surface area contributed by atoms with E-state index in [1.807, 2.05) is 0 Å². The van der Waals surface area contributed by atoms with Crippen LogP contribution >= 0.6 is 0 Å². The van der Waals surface area contributed by atoms with Crippen LogP contribution < -0.4 is 5.56 Å². The Morgan fingerprint density at radius 2 is 2.20 bits per heavy atom. The minimum Gasteiger partial charge on any atom is -0.493 e. The number of rotatable bonds is 1. The van der Waals surface area contributed by atoms with Crippen LogP contribution in [0.15, 0.2) is 23.1 Å². The predicted octanol–water partition coefficient (Wildman–Crippen LogP) is 0.241. The SMILES string of the molecule is Cc1nccc(-c2nc(O)cc(=O)[nH]2)n1. The van der Waals surface area contributed by atoms with Crippen LogP contribution in [0.2, 0.25) is 0 Å². The van der Waals surface area contributed by atoms with Gasteiger partial charge in [-0.25, -0.2) is 9.97 Å². The van der Waals surface area contributed by atoms with Crippen molar-refractivity contribution >= 4 is 0 Å². The van der Waals surface area contributed by atoms with Crippen LogP contribution in [0.5, 0.6) is 5.88 Å². The van der Waals surface area contributed by atoms with Gasteiger partial charge in [0.15, 0.2) is 5.82 Å². The monoisotopic (exact) mass is 204 g/mol. The average Bonchev–Trinajstić information content (AvgIpc) is 2.16. The second-order valence-electron chi connectivity index (χ2n) is 2.94. The Bertz CT molecular complexity index is 550. The molecule has 6 heteroatoms. The van der Waals surface area contributed by atoms with Gasteiger partial charge in [-0.1, -0.05) is 0 Å². The first-order valence-corrected chi connectivity index (χ1v) is 4.25. The van der Waals surface area contributed by atoms with Crippen LogP contribution in [0.1, 0.15) is 5.82 Å². The summed E-state index contributed by atoms with van der Waals surface area (Å²) in [7, 11) is 0. The molecule has 15 heavy (non-hydrogen) atoms. The zero-order chi connectivity index (χ0) is 10.8. The van der Waals surface area contributed by atoms with E-state index in [0.717, 1.165) is 6.07 Å². The molecule has 0 aliphatic rings. The molecule has 0 amide bonds. The van der Waals surface area contributed by atoms with Crippen LogP contribution in [0.25, 0.3) is 11.5 Å². The molecular formula is C9H8N4O2. The van der Waals surface area contributed by atoms with E-state index in [0.29, 0.717) is 11.5 Å². The Morgan fingerprint density at radius 3 is 2.87 bits per heavy atom. The summed E-state index contributed by atoms with van der Waals surface area (Å²) >= 11 is 0. The number of H-pyrrole nitrogens is 1. The summed E-state index contributed by atoms with van der Waals surface area (Å²) in [6, 6.07) is 2.60. The molecule has 0 spiro atoms. The first-order valence-electron chi connectivity index (χ1n) is 4.25. The molecule has 0 aromatic carbocycles. The Balaban J connectivity index is 2.59. The molecule has 0 atom stereocenters. The number of nitrogens with one attached hydrogen (secondary N) is 1. The molecule has 2 aromatic heterocycles. The molecule has 0 radical (unpaired) electrons. The fraction of sp³-hybridized carbons (Fsp3) is 0.111. The van der Waals surface area contributed by atoms with Crippen molar-refractivity contribution < 1.29 is 5.11 Å². The molecule has 0 saturated carbocycles. The number of hydrogen-bond donors (Lipinski definition) is 2. The highest BCUT2D eigenvalue weighted by atomic mass is 16.3.